The molecule has 10 heterocycles. The second-order valence-electron chi connectivity index (χ2n) is 48.7. The van der Waals surface area contributed by atoms with Gasteiger partial charge in [-0.25, -0.2) is 19.9 Å². The lowest BCUT2D eigenvalue weighted by Crippen LogP contribution is -2.16. The van der Waals surface area contributed by atoms with E-state index in [-0.39, 0.29) is 21.7 Å². The van der Waals surface area contributed by atoms with Gasteiger partial charge in [0.1, 0.15) is 0 Å². The first kappa shape index (κ1) is 113. The zero-order chi connectivity index (χ0) is 106. The molecule has 148 heavy (non-hydrogen) atoms. The van der Waals surface area contributed by atoms with Gasteiger partial charge in [0, 0.05) is 55.4 Å². The molecule has 0 saturated carbocycles. The smallest absolute Gasteiger partial charge is 0.0769 e. The number of allylic oxidation sites excluding steroid dienone is 8. The third-order valence-corrected chi connectivity index (χ3v) is 33.1. The number of hydrogen-bond acceptors (Lipinski definition) is 4. The van der Waals surface area contributed by atoms with Crippen molar-refractivity contribution in [1.29, 1.82) is 0 Å². The van der Waals surface area contributed by atoms with Gasteiger partial charge in [-0.15, -0.1) is 0 Å². The molecule has 0 fully saturated rings. The average Bonchev–Trinajstić information content (AvgIpc) is 1.58. The highest BCUT2D eigenvalue weighted by atomic mass is 14.8. The fourth-order valence-electron chi connectivity index (χ4n) is 23.4. The number of rotatable bonds is 44. The molecule has 8 nitrogen and oxygen atoms in total. The van der Waals surface area contributed by atoms with Crippen molar-refractivity contribution in [2.45, 2.75) is 472 Å². The first-order chi connectivity index (χ1) is 71.0. The standard InChI is InChI=1S/C140H186N8/c1-29-37-45-53-65-109-91(9)129-125(130-92(10)110(66-54-46-38-30-2)118(142-130)88-122-114(70-58-50-42-34-6)96(14)134(146-122)127(103-81-105(137(17,18)19)85-106(82-103)138(20,21)22)133-95(13)113(69-57-49-41-33-5)121(145-133)87-117(109)141-129)101-77-73-99(74-78-101)63-61-62-64-100-75-79-102(80-76-100)126-131-93(11)111(67-55-47-39-31-3)119(143-131)89-123-115(71-59-51-43-35-7)97(15)135(147-123)128(104-83-107(139(23,24)25)86-108(84-104)140(26,27)28)136-98(16)116(72-60-52-44-36-8)124(148-136)90-120-112(68-56-48-40-32-4)94(12)132(126)144-120/h73-90,141,146-148H,29-60,65-72H2,1-28H3. The Bertz CT molecular complexity index is 6830. The molecule has 4 aliphatic rings. The predicted octanol–water partition coefficient (Wildman–Crippen LogP) is 41.5. The van der Waals surface area contributed by atoms with Gasteiger partial charge in [0.25, 0.3) is 0 Å². The third kappa shape index (κ3) is 26.3. The van der Waals surface area contributed by atoms with Gasteiger partial charge in [0.15, 0.2) is 0 Å². The highest BCUT2D eigenvalue weighted by molar-refractivity contribution is 6.07. The Balaban J connectivity index is 0.961. The highest BCUT2D eigenvalue weighted by Gasteiger charge is 2.34. The van der Waals surface area contributed by atoms with E-state index in [1.165, 1.54) is 321 Å². The van der Waals surface area contributed by atoms with Crippen LogP contribution in [0.5, 0.6) is 0 Å². The third-order valence-electron chi connectivity index (χ3n) is 33.1. The van der Waals surface area contributed by atoms with Crippen LogP contribution in [-0.4, -0.2) is 39.9 Å². The van der Waals surface area contributed by atoms with Gasteiger partial charge in [-0.2, -0.15) is 0 Å². The van der Waals surface area contributed by atoms with Crippen molar-refractivity contribution in [3.8, 4) is 68.2 Å². The van der Waals surface area contributed by atoms with E-state index in [1.807, 2.05) is 0 Å². The first-order valence-corrected chi connectivity index (χ1v) is 58.9. The molecular formula is C140H186N8. The van der Waals surface area contributed by atoms with Gasteiger partial charge in [-0.05, 0) is 374 Å². The molecule has 4 N–H and O–H groups in total. The topological polar surface area (TPSA) is 115 Å². The minimum Gasteiger partial charge on any atom is -0.354 e. The summed E-state index contributed by atoms with van der Waals surface area (Å²) in [5.41, 5.74) is 55.3. The van der Waals surface area contributed by atoms with Crippen LogP contribution >= 0.6 is 0 Å². The van der Waals surface area contributed by atoms with Crippen molar-refractivity contribution in [1.82, 2.24) is 39.9 Å². The monoisotopic (exact) mass is 1980 g/mol. The second kappa shape index (κ2) is 50.9. The summed E-state index contributed by atoms with van der Waals surface area (Å²) in [6, 6.07) is 43.1. The summed E-state index contributed by atoms with van der Waals surface area (Å²) >= 11 is 0. The van der Waals surface area contributed by atoms with Crippen molar-refractivity contribution >= 4 is 88.7 Å². The molecular weight excluding hydrogens is 1790 g/mol. The maximum absolute atomic E-state index is 6.14. The summed E-state index contributed by atoms with van der Waals surface area (Å²) in [6.45, 7) is 66.4. The molecule has 0 radical (unpaired) electrons. The Morgan fingerprint density at radius 2 is 0.432 bits per heavy atom. The van der Waals surface area contributed by atoms with Gasteiger partial charge in [0.05, 0.1) is 67.6 Å². The summed E-state index contributed by atoms with van der Waals surface area (Å²) in [4.78, 5) is 41.8. The maximum Gasteiger partial charge on any atom is 0.0769 e. The fraction of sp³-hybridized carbons (Fsp3) is 0.514. The number of hydrogen-bond donors (Lipinski definition) is 4. The summed E-state index contributed by atoms with van der Waals surface area (Å²) in [6.07, 6.45) is 45.2. The van der Waals surface area contributed by atoms with Crippen molar-refractivity contribution < 1.29 is 0 Å². The molecule has 4 aliphatic heterocycles. The molecule has 0 spiro atoms. The van der Waals surface area contributed by atoms with Crippen LogP contribution in [0.2, 0.25) is 0 Å². The van der Waals surface area contributed by atoms with E-state index in [0.29, 0.717) is 0 Å². The number of aromatic nitrogens is 8. The lowest BCUT2D eigenvalue weighted by Gasteiger charge is -2.26. The zero-order valence-corrected chi connectivity index (χ0v) is 97.5. The van der Waals surface area contributed by atoms with Crippen molar-refractivity contribution in [3.63, 3.8) is 0 Å². The van der Waals surface area contributed by atoms with Crippen LogP contribution in [0.25, 0.3) is 133 Å². The van der Waals surface area contributed by atoms with E-state index >= 15 is 0 Å². The predicted molar refractivity (Wildman–Crippen MR) is 648 cm³/mol. The van der Waals surface area contributed by atoms with Crippen LogP contribution in [0.15, 0.2) is 109 Å². The van der Waals surface area contributed by atoms with Gasteiger partial charge >= 0.3 is 0 Å². The highest BCUT2D eigenvalue weighted by Crippen LogP contribution is 2.51. The van der Waals surface area contributed by atoms with Gasteiger partial charge in [0.2, 0.25) is 0 Å². The van der Waals surface area contributed by atoms with Crippen molar-refractivity contribution in [2.75, 3.05) is 0 Å². The number of aromatic amines is 4. The fourth-order valence-corrected chi connectivity index (χ4v) is 23.4. The first-order valence-electron chi connectivity index (χ1n) is 58.9. The molecule has 14 rings (SSSR count). The Kier molecular flexibility index (Phi) is 38.8. The lowest BCUT2D eigenvalue weighted by molar-refractivity contribution is 0.568. The van der Waals surface area contributed by atoms with E-state index < -0.39 is 0 Å². The van der Waals surface area contributed by atoms with E-state index in [1.54, 1.807) is 0 Å². The number of nitrogens with zero attached hydrogens (tertiary/aromatic N) is 4. The molecule has 6 aromatic heterocycles. The summed E-state index contributed by atoms with van der Waals surface area (Å²) in [7, 11) is 0. The molecule has 0 saturated heterocycles. The number of benzene rings is 4. The molecule has 0 unspecified atom stereocenters. The second-order valence-corrected chi connectivity index (χ2v) is 48.7. The van der Waals surface area contributed by atoms with Crippen LogP contribution in [0.4, 0.5) is 0 Å². The average molecular weight is 1980 g/mol. The number of unbranched alkanes of at least 4 members (excludes halogenated alkanes) is 24. The number of H-pyrrole nitrogens is 4. The quantitative estimate of drug-likeness (QED) is 0.0225. The Hall–Kier alpha value is -10.8. The van der Waals surface area contributed by atoms with E-state index in [0.717, 1.165) is 193 Å². The molecule has 0 amide bonds. The van der Waals surface area contributed by atoms with E-state index in [9.17, 15) is 0 Å². The molecule has 10 aromatic rings. The van der Waals surface area contributed by atoms with Crippen molar-refractivity contribution in [2.24, 2.45) is 0 Å². The van der Waals surface area contributed by atoms with E-state index in [2.05, 4.69) is 347 Å². The molecule has 0 aliphatic carbocycles. The normalized spacial score (nSPS) is 13.2. The Morgan fingerprint density at radius 1 is 0.223 bits per heavy atom. The van der Waals surface area contributed by atoms with Crippen LogP contribution in [0.3, 0.4) is 0 Å². The SMILES string of the molecule is CCCCCCC1=C(C)c2nc1cc1[nH]c(c(C)c1CCCCCC)c(-c1cc(C(C)(C)C)cc(C(C)(C)C)c1)c1[nH]c(cc3nc(c2-c2ccc(C#CC#Cc4ccc(-c5c6nc(cc7[nH]c(c(C)c7CCCCCC)c(-c7cc(C(C)(C)C)cc(C(C)(C)C)c7)c7nc(cc8[nH]c5c(C)c8CCCCCC)C(CCCCCC)=C7C)C(CCCCCC)=C6C)cc4)cc2)C(C)=C3CCCCCC)c(CCCCCC)c1C. The van der Waals surface area contributed by atoms with Crippen LogP contribution in [0.1, 0.15) is 521 Å². The summed E-state index contributed by atoms with van der Waals surface area (Å²) in [5.74, 6) is 13.9. The van der Waals surface area contributed by atoms with Gasteiger partial charge in [-0.1, -0.05) is 365 Å². The van der Waals surface area contributed by atoms with Crippen LogP contribution in [-0.2, 0) is 47.3 Å². The lowest BCUT2D eigenvalue weighted by atomic mass is 9.78. The number of aryl methyl sites for hydroxylation is 8. The largest absolute Gasteiger partial charge is 0.354 e. The molecule has 8 heteroatoms. The molecule has 0 atom stereocenters. The van der Waals surface area contributed by atoms with E-state index in [4.69, 9.17) is 19.9 Å². The summed E-state index contributed by atoms with van der Waals surface area (Å²) < 4.78 is 0. The molecule has 786 valence electrons. The minimum atomic E-state index is -0.0934. The molecule has 4 aromatic carbocycles. The van der Waals surface area contributed by atoms with Crippen LogP contribution in [0, 0.1) is 51.4 Å². The molecule has 16 bridgehead atoms. The van der Waals surface area contributed by atoms with Crippen LogP contribution < -0.4 is 0 Å². The Labute approximate surface area is 895 Å². The van der Waals surface area contributed by atoms with Gasteiger partial charge in [-0.3, -0.25) is 0 Å². The number of fused-ring (bicyclic) bond motifs is 16. The van der Waals surface area contributed by atoms with Crippen molar-refractivity contribution in [3.05, 3.63) is 233 Å². The summed E-state index contributed by atoms with van der Waals surface area (Å²) in [5, 5.41) is 0. The zero-order valence-electron chi connectivity index (χ0n) is 97.5. The Morgan fingerprint density at radius 3 is 0.669 bits per heavy atom. The minimum absolute atomic E-state index is 0.0871. The maximum atomic E-state index is 6.14. The number of nitrogens with one attached hydrogen (secondary N) is 4. The van der Waals surface area contributed by atoms with Gasteiger partial charge < -0.3 is 19.9 Å².